The van der Waals surface area contributed by atoms with E-state index in [9.17, 15) is 9.18 Å². The fraction of sp³-hybridized carbons (Fsp3) is 0.533. The minimum absolute atomic E-state index is 0.00835. The summed E-state index contributed by atoms with van der Waals surface area (Å²) in [5, 5.41) is 6.14. The zero-order valence-corrected chi connectivity index (χ0v) is 11.9. The molecule has 1 aromatic rings. The van der Waals surface area contributed by atoms with Gasteiger partial charge < -0.3 is 10.6 Å². The van der Waals surface area contributed by atoms with Gasteiger partial charge in [-0.2, -0.15) is 0 Å². The zero-order valence-electron chi connectivity index (χ0n) is 11.9. The molecule has 1 rings (SSSR count). The molecule has 3 nitrogen and oxygen atoms in total. The van der Waals surface area contributed by atoms with Crippen molar-refractivity contribution in [2.45, 2.75) is 33.2 Å². The van der Waals surface area contributed by atoms with Gasteiger partial charge in [-0.15, -0.1) is 0 Å². The van der Waals surface area contributed by atoms with Crippen molar-refractivity contribution in [3.8, 4) is 0 Å². The predicted molar refractivity (Wildman–Crippen MR) is 75.4 cm³/mol. The summed E-state index contributed by atoms with van der Waals surface area (Å²) in [5.74, 6) is -0.407. The molecule has 4 heteroatoms. The number of nitrogens with one attached hydrogen (secondary N) is 2. The summed E-state index contributed by atoms with van der Waals surface area (Å²) in [6.45, 7) is 7.42. The van der Waals surface area contributed by atoms with Crippen molar-refractivity contribution in [3.63, 3.8) is 0 Å². The first kappa shape index (κ1) is 15.6. The second-order valence-electron chi connectivity index (χ2n) is 4.94. The van der Waals surface area contributed by atoms with E-state index in [-0.39, 0.29) is 23.7 Å². The van der Waals surface area contributed by atoms with Crippen LogP contribution in [0.5, 0.6) is 0 Å². The number of hydrogen-bond acceptors (Lipinski definition) is 2. The van der Waals surface area contributed by atoms with E-state index in [1.165, 1.54) is 12.1 Å². The molecule has 19 heavy (non-hydrogen) atoms. The number of carbonyl (C=O) groups is 1. The maximum atomic E-state index is 13.0. The Bertz CT molecular complexity index is 409. The molecule has 0 saturated carbocycles. The summed E-state index contributed by atoms with van der Waals surface area (Å²) in [6, 6.07) is 6.66. The van der Waals surface area contributed by atoms with Crippen molar-refractivity contribution in [1.82, 2.24) is 10.6 Å². The summed E-state index contributed by atoms with van der Waals surface area (Å²) in [7, 11) is 0. The first-order chi connectivity index (χ1) is 9.02. The van der Waals surface area contributed by atoms with Gasteiger partial charge in [-0.3, -0.25) is 4.79 Å². The molecule has 1 aromatic carbocycles. The normalized spacial score (nSPS) is 13.9. The van der Waals surface area contributed by atoms with Crippen molar-refractivity contribution in [2.24, 2.45) is 5.92 Å². The quantitative estimate of drug-likeness (QED) is 0.793. The van der Waals surface area contributed by atoms with Gasteiger partial charge in [-0.25, -0.2) is 4.39 Å². The Kier molecular flexibility index (Phi) is 6.50. The molecule has 0 bridgehead atoms. The zero-order chi connectivity index (χ0) is 14.3. The molecule has 106 valence electrons. The second-order valence-corrected chi connectivity index (χ2v) is 4.94. The number of hydrogen-bond donors (Lipinski definition) is 2. The summed E-state index contributed by atoms with van der Waals surface area (Å²) in [5.41, 5.74) is 0.849. The monoisotopic (exact) mass is 266 g/mol. The summed E-state index contributed by atoms with van der Waals surface area (Å²) in [4.78, 5) is 11.9. The van der Waals surface area contributed by atoms with Crippen LogP contribution in [0.3, 0.4) is 0 Å². The highest BCUT2D eigenvalue weighted by molar-refractivity contribution is 5.78. The number of benzene rings is 1. The molecule has 1 amide bonds. The number of likely N-dealkylation sites (N-methyl/N-ethyl adjacent to an activating group) is 1. The van der Waals surface area contributed by atoms with Gasteiger partial charge in [-0.1, -0.05) is 26.0 Å². The third kappa shape index (κ3) is 5.83. The molecule has 0 aromatic heterocycles. The third-order valence-electron chi connectivity index (χ3n) is 3.01. The van der Waals surface area contributed by atoms with Gasteiger partial charge in [0.05, 0.1) is 0 Å². The van der Waals surface area contributed by atoms with Gasteiger partial charge in [0.2, 0.25) is 5.91 Å². The van der Waals surface area contributed by atoms with Crippen LogP contribution < -0.4 is 10.6 Å². The molecule has 0 spiro atoms. The van der Waals surface area contributed by atoms with Gasteiger partial charge >= 0.3 is 0 Å². The first-order valence-electron chi connectivity index (χ1n) is 6.78. The molecule has 0 aliphatic carbocycles. The van der Waals surface area contributed by atoms with Crippen LogP contribution in [0.15, 0.2) is 24.3 Å². The molecule has 0 heterocycles. The van der Waals surface area contributed by atoms with E-state index >= 15 is 0 Å². The van der Waals surface area contributed by atoms with Crippen LogP contribution in [-0.4, -0.2) is 25.0 Å². The van der Waals surface area contributed by atoms with Crippen LogP contribution in [0.25, 0.3) is 0 Å². The van der Waals surface area contributed by atoms with E-state index < -0.39 is 0 Å². The van der Waals surface area contributed by atoms with Crippen molar-refractivity contribution < 1.29 is 9.18 Å². The Balaban J connectivity index is 2.40. The Labute approximate surface area is 114 Å². The molecule has 0 aliphatic heterocycles. The molecular formula is C15H23FN2O. The van der Waals surface area contributed by atoms with Gasteiger partial charge in [0.25, 0.3) is 0 Å². The highest BCUT2D eigenvalue weighted by atomic mass is 19.1. The molecule has 0 fully saturated rings. The second kappa shape index (κ2) is 7.89. The van der Waals surface area contributed by atoms with E-state index in [2.05, 4.69) is 10.6 Å². The van der Waals surface area contributed by atoms with Crippen LogP contribution in [0.2, 0.25) is 0 Å². The van der Waals surface area contributed by atoms with Crippen LogP contribution in [0.1, 0.15) is 26.3 Å². The number of carbonyl (C=O) groups excluding carboxylic acids is 1. The van der Waals surface area contributed by atoms with E-state index in [4.69, 9.17) is 0 Å². The minimum atomic E-state index is -0.258. The number of rotatable bonds is 7. The average molecular weight is 266 g/mol. The SMILES string of the molecule is CCN[C@H](C)CNC(=O)C(C)Cc1cccc(F)c1. The first-order valence-corrected chi connectivity index (χ1v) is 6.78. The lowest BCUT2D eigenvalue weighted by atomic mass is 10.0. The molecule has 0 radical (unpaired) electrons. The lowest BCUT2D eigenvalue weighted by molar-refractivity contribution is -0.124. The Morgan fingerprint density at radius 3 is 2.74 bits per heavy atom. The average Bonchev–Trinajstić information content (AvgIpc) is 2.36. The van der Waals surface area contributed by atoms with Gasteiger partial charge in [0.1, 0.15) is 5.82 Å². The topological polar surface area (TPSA) is 41.1 Å². The number of halogens is 1. The molecule has 0 saturated heterocycles. The van der Waals surface area contributed by atoms with E-state index in [0.717, 1.165) is 12.1 Å². The smallest absolute Gasteiger partial charge is 0.223 e. The van der Waals surface area contributed by atoms with E-state index in [1.807, 2.05) is 26.8 Å². The summed E-state index contributed by atoms with van der Waals surface area (Å²) < 4.78 is 13.0. The fourth-order valence-corrected chi connectivity index (χ4v) is 1.96. The van der Waals surface area contributed by atoms with Crippen molar-refractivity contribution in [1.29, 1.82) is 0 Å². The van der Waals surface area contributed by atoms with Crippen LogP contribution in [0.4, 0.5) is 4.39 Å². The van der Waals surface area contributed by atoms with Crippen molar-refractivity contribution in [2.75, 3.05) is 13.1 Å². The standard InChI is InChI=1S/C15H23FN2O/c1-4-17-12(3)10-18-15(19)11(2)8-13-6-5-7-14(16)9-13/h5-7,9,11-12,17H,4,8,10H2,1-3H3,(H,18,19)/t11?,12-/m1/s1. The number of amides is 1. The Morgan fingerprint density at radius 2 is 2.11 bits per heavy atom. The van der Waals surface area contributed by atoms with Crippen LogP contribution >= 0.6 is 0 Å². The van der Waals surface area contributed by atoms with E-state index in [1.54, 1.807) is 6.07 Å². The highest BCUT2D eigenvalue weighted by Gasteiger charge is 2.14. The van der Waals surface area contributed by atoms with Crippen LogP contribution in [0, 0.1) is 11.7 Å². The maximum absolute atomic E-state index is 13.0. The van der Waals surface area contributed by atoms with E-state index in [0.29, 0.717) is 13.0 Å². The minimum Gasteiger partial charge on any atom is -0.354 e. The molecule has 0 aliphatic rings. The van der Waals surface area contributed by atoms with Gasteiger partial charge in [0.15, 0.2) is 0 Å². The maximum Gasteiger partial charge on any atom is 0.223 e. The third-order valence-corrected chi connectivity index (χ3v) is 3.01. The predicted octanol–water partition coefficient (Wildman–Crippen LogP) is 2.12. The Morgan fingerprint density at radius 1 is 1.37 bits per heavy atom. The van der Waals surface area contributed by atoms with Crippen molar-refractivity contribution >= 4 is 5.91 Å². The molecule has 2 N–H and O–H groups in total. The van der Waals surface area contributed by atoms with Crippen LogP contribution in [-0.2, 0) is 11.2 Å². The lowest BCUT2D eigenvalue weighted by Crippen LogP contribution is -2.41. The molecule has 2 atom stereocenters. The largest absolute Gasteiger partial charge is 0.354 e. The fourth-order valence-electron chi connectivity index (χ4n) is 1.96. The van der Waals surface area contributed by atoms with Crippen molar-refractivity contribution in [3.05, 3.63) is 35.6 Å². The highest BCUT2D eigenvalue weighted by Crippen LogP contribution is 2.10. The Hall–Kier alpha value is -1.42. The lowest BCUT2D eigenvalue weighted by Gasteiger charge is -2.16. The van der Waals surface area contributed by atoms with Gasteiger partial charge in [0, 0.05) is 18.5 Å². The molecular weight excluding hydrogens is 243 g/mol. The summed E-state index contributed by atoms with van der Waals surface area (Å²) >= 11 is 0. The molecule has 1 unspecified atom stereocenters. The van der Waals surface area contributed by atoms with Gasteiger partial charge in [-0.05, 0) is 37.6 Å². The summed E-state index contributed by atoms with van der Waals surface area (Å²) in [6.07, 6.45) is 0.555.